The van der Waals surface area contributed by atoms with Crippen LogP contribution in [0, 0.1) is 11.3 Å². The zero-order chi connectivity index (χ0) is 16.9. The number of carbonyl (C=O) groups is 1. The van der Waals surface area contributed by atoms with Gasteiger partial charge in [-0.3, -0.25) is 4.79 Å². The lowest BCUT2D eigenvalue weighted by Crippen LogP contribution is -2.36. The normalized spacial score (nSPS) is 16.7. The van der Waals surface area contributed by atoms with Crippen LogP contribution in [-0.2, 0) is 4.79 Å². The lowest BCUT2D eigenvalue weighted by molar-refractivity contribution is -0.120. The number of amides is 1. The number of benzene rings is 2. The van der Waals surface area contributed by atoms with E-state index in [9.17, 15) is 4.79 Å². The minimum atomic E-state index is -0.0542. The molecule has 0 unspecified atom stereocenters. The fourth-order valence-electron chi connectivity index (χ4n) is 2.59. The van der Waals surface area contributed by atoms with Gasteiger partial charge in [-0.15, -0.1) is 11.8 Å². The van der Waals surface area contributed by atoms with Crippen LogP contribution in [0.1, 0.15) is 18.9 Å². The number of ether oxygens (including phenoxy) is 1. The minimum absolute atomic E-state index is 0.0146. The zero-order valence-corrected chi connectivity index (χ0v) is 14.3. The van der Waals surface area contributed by atoms with E-state index in [1.807, 2.05) is 34.9 Å². The summed E-state index contributed by atoms with van der Waals surface area (Å²) >= 11 is 1.81. The first-order valence-corrected chi connectivity index (χ1v) is 8.74. The molecule has 24 heavy (non-hydrogen) atoms. The highest BCUT2D eigenvalue weighted by Crippen LogP contribution is 2.37. The Balaban J connectivity index is 1.71. The quantitative estimate of drug-likeness (QED) is 0.853. The van der Waals surface area contributed by atoms with Crippen molar-refractivity contribution in [2.75, 3.05) is 18.1 Å². The van der Waals surface area contributed by atoms with Crippen molar-refractivity contribution in [3.63, 3.8) is 0 Å². The lowest BCUT2D eigenvalue weighted by atomic mass is 10.2. The Morgan fingerprint density at radius 3 is 2.79 bits per heavy atom. The van der Waals surface area contributed by atoms with Crippen molar-refractivity contribution < 1.29 is 9.53 Å². The molecule has 2 aromatic rings. The predicted octanol–water partition coefficient (Wildman–Crippen LogP) is 3.85. The molecule has 2 aromatic carbocycles. The summed E-state index contributed by atoms with van der Waals surface area (Å²) in [7, 11) is 0. The van der Waals surface area contributed by atoms with E-state index in [4.69, 9.17) is 10.00 Å². The molecule has 4 nitrogen and oxygen atoms in total. The second-order valence-electron chi connectivity index (χ2n) is 5.66. The number of thioether (sulfide) groups is 1. The van der Waals surface area contributed by atoms with Crippen LogP contribution in [0.25, 0.3) is 0 Å². The van der Waals surface area contributed by atoms with E-state index in [2.05, 4.69) is 19.1 Å². The van der Waals surface area contributed by atoms with Crippen molar-refractivity contribution in [1.82, 2.24) is 0 Å². The van der Waals surface area contributed by atoms with Crippen LogP contribution in [0.2, 0.25) is 0 Å². The SMILES string of the molecule is C[C@H]1CCN(C(=O)COc2ccc(C#N)cc2)c2ccccc2S1. The van der Waals surface area contributed by atoms with Crippen LogP contribution in [0.5, 0.6) is 5.75 Å². The summed E-state index contributed by atoms with van der Waals surface area (Å²) < 4.78 is 5.60. The first-order chi connectivity index (χ1) is 11.7. The number of rotatable bonds is 3. The second kappa shape index (κ2) is 7.41. The summed E-state index contributed by atoms with van der Waals surface area (Å²) in [6.07, 6.45) is 0.946. The number of hydrogen-bond acceptors (Lipinski definition) is 4. The van der Waals surface area contributed by atoms with Crippen LogP contribution in [0.4, 0.5) is 5.69 Å². The van der Waals surface area contributed by atoms with Crippen LogP contribution in [-0.4, -0.2) is 24.3 Å². The standard InChI is InChI=1S/C19H18N2O2S/c1-14-10-11-21(17-4-2-3-5-18(17)24-14)19(22)13-23-16-8-6-15(12-20)7-9-16/h2-9,14H,10-11,13H2,1H3/t14-/m0/s1. The van der Waals surface area contributed by atoms with Crippen LogP contribution >= 0.6 is 11.8 Å². The first kappa shape index (κ1) is 16.4. The molecule has 0 radical (unpaired) electrons. The van der Waals surface area contributed by atoms with Gasteiger partial charge in [-0.1, -0.05) is 19.1 Å². The number of anilines is 1. The monoisotopic (exact) mass is 338 g/mol. The smallest absolute Gasteiger partial charge is 0.264 e. The van der Waals surface area contributed by atoms with Crippen molar-refractivity contribution in [2.24, 2.45) is 0 Å². The molecule has 1 aliphatic rings. The fourth-order valence-corrected chi connectivity index (χ4v) is 3.71. The highest BCUT2D eigenvalue weighted by molar-refractivity contribution is 8.00. The van der Waals surface area contributed by atoms with Gasteiger partial charge in [0.25, 0.3) is 5.91 Å². The first-order valence-electron chi connectivity index (χ1n) is 7.86. The zero-order valence-electron chi connectivity index (χ0n) is 13.4. The molecule has 0 saturated carbocycles. The third-order valence-electron chi connectivity index (χ3n) is 3.89. The van der Waals surface area contributed by atoms with Crippen molar-refractivity contribution >= 4 is 23.4 Å². The molecule has 1 aliphatic heterocycles. The van der Waals surface area contributed by atoms with Crippen LogP contribution < -0.4 is 9.64 Å². The molecular formula is C19H18N2O2S. The summed E-state index contributed by atoms with van der Waals surface area (Å²) in [5, 5.41) is 9.28. The third-order valence-corrected chi connectivity index (χ3v) is 5.13. The maximum atomic E-state index is 12.7. The van der Waals surface area contributed by atoms with E-state index in [0.717, 1.165) is 17.0 Å². The van der Waals surface area contributed by atoms with Crippen molar-refractivity contribution in [2.45, 2.75) is 23.5 Å². The van der Waals surface area contributed by atoms with Gasteiger partial charge in [0.1, 0.15) is 5.75 Å². The largest absolute Gasteiger partial charge is 0.484 e. The highest BCUT2D eigenvalue weighted by Gasteiger charge is 2.24. The molecule has 1 atom stereocenters. The Kier molecular flexibility index (Phi) is 5.07. The van der Waals surface area contributed by atoms with Gasteiger partial charge in [-0.2, -0.15) is 5.26 Å². The number of nitrogens with zero attached hydrogens (tertiary/aromatic N) is 2. The van der Waals surface area contributed by atoms with Gasteiger partial charge < -0.3 is 9.64 Å². The average molecular weight is 338 g/mol. The molecule has 0 aromatic heterocycles. The van der Waals surface area contributed by atoms with E-state index in [-0.39, 0.29) is 12.5 Å². The summed E-state index contributed by atoms with van der Waals surface area (Å²) in [5.41, 5.74) is 1.53. The minimum Gasteiger partial charge on any atom is -0.484 e. The van der Waals surface area contributed by atoms with Crippen molar-refractivity contribution in [3.8, 4) is 11.8 Å². The molecule has 0 N–H and O–H groups in total. The molecule has 0 aliphatic carbocycles. The molecule has 0 fully saturated rings. The van der Waals surface area contributed by atoms with Crippen molar-refractivity contribution in [1.29, 1.82) is 5.26 Å². The van der Waals surface area contributed by atoms with E-state index >= 15 is 0 Å². The van der Waals surface area contributed by atoms with Gasteiger partial charge in [0.15, 0.2) is 6.61 Å². The fraction of sp³-hybridized carbons (Fsp3) is 0.263. The average Bonchev–Trinajstić information content (AvgIpc) is 2.78. The molecule has 122 valence electrons. The third kappa shape index (κ3) is 3.72. The number of para-hydroxylation sites is 1. The van der Waals surface area contributed by atoms with E-state index in [0.29, 0.717) is 23.1 Å². The van der Waals surface area contributed by atoms with E-state index < -0.39 is 0 Å². The Bertz CT molecular complexity index is 768. The molecular weight excluding hydrogens is 320 g/mol. The molecule has 5 heteroatoms. The predicted molar refractivity (Wildman–Crippen MR) is 95.4 cm³/mol. The molecule has 3 rings (SSSR count). The number of fused-ring (bicyclic) bond motifs is 1. The topological polar surface area (TPSA) is 53.3 Å². The molecule has 1 heterocycles. The Labute approximate surface area is 146 Å². The summed E-state index contributed by atoms with van der Waals surface area (Å²) in [6, 6.07) is 16.8. The number of carbonyl (C=O) groups excluding carboxylic acids is 1. The molecule has 0 saturated heterocycles. The molecule has 1 amide bonds. The Morgan fingerprint density at radius 2 is 2.04 bits per heavy atom. The lowest BCUT2D eigenvalue weighted by Gasteiger charge is -2.22. The summed E-state index contributed by atoms with van der Waals surface area (Å²) in [6.45, 7) is 2.86. The molecule has 0 spiro atoms. The number of hydrogen-bond donors (Lipinski definition) is 0. The van der Waals surface area contributed by atoms with Gasteiger partial charge in [0.2, 0.25) is 0 Å². The maximum Gasteiger partial charge on any atom is 0.264 e. The van der Waals surface area contributed by atoms with E-state index in [1.165, 1.54) is 0 Å². The Hall–Kier alpha value is -2.45. The van der Waals surface area contributed by atoms with Gasteiger partial charge in [-0.05, 0) is 42.8 Å². The highest BCUT2D eigenvalue weighted by atomic mass is 32.2. The van der Waals surface area contributed by atoms with Gasteiger partial charge in [0, 0.05) is 16.7 Å². The van der Waals surface area contributed by atoms with Gasteiger partial charge in [0.05, 0.1) is 17.3 Å². The molecule has 0 bridgehead atoms. The van der Waals surface area contributed by atoms with Crippen LogP contribution in [0.3, 0.4) is 0 Å². The summed E-state index contributed by atoms with van der Waals surface area (Å²) in [5.74, 6) is 0.537. The van der Waals surface area contributed by atoms with Crippen LogP contribution in [0.15, 0.2) is 53.4 Å². The van der Waals surface area contributed by atoms with E-state index in [1.54, 1.807) is 24.3 Å². The van der Waals surface area contributed by atoms with Gasteiger partial charge >= 0.3 is 0 Å². The van der Waals surface area contributed by atoms with Crippen molar-refractivity contribution in [3.05, 3.63) is 54.1 Å². The van der Waals surface area contributed by atoms with Gasteiger partial charge in [-0.25, -0.2) is 0 Å². The summed E-state index contributed by atoms with van der Waals surface area (Å²) in [4.78, 5) is 15.6. The Morgan fingerprint density at radius 1 is 1.29 bits per heavy atom. The maximum absolute atomic E-state index is 12.7. The number of nitriles is 1. The second-order valence-corrected chi connectivity index (χ2v) is 7.14.